The van der Waals surface area contributed by atoms with E-state index < -0.39 is 0 Å². The average molecular weight is 283 g/mol. The number of rotatable bonds is 5. The molecule has 0 spiro atoms. The van der Waals surface area contributed by atoms with Crippen LogP contribution in [-0.2, 0) is 0 Å². The molecule has 0 radical (unpaired) electrons. The monoisotopic (exact) mass is 282 g/mol. The number of nitrogens with zero attached hydrogens (tertiary/aromatic N) is 1. The van der Waals surface area contributed by atoms with E-state index in [-0.39, 0.29) is 0 Å². The van der Waals surface area contributed by atoms with E-state index in [4.69, 9.17) is 16.3 Å². The van der Waals surface area contributed by atoms with Gasteiger partial charge in [-0.15, -0.1) is 0 Å². The summed E-state index contributed by atoms with van der Waals surface area (Å²) in [6, 6.07) is 4.06. The van der Waals surface area contributed by atoms with Crippen LogP contribution in [0.25, 0.3) is 0 Å². The van der Waals surface area contributed by atoms with Gasteiger partial charge in [0.2, 0.25) is 0 Å². The number of benzene rings is 1. The van der Waals surface area contributed by atoms with E-state index >= 15 is 0 Å². The quantitative estimate of drug-likeness (QED) is 0.898. The molecule has 1 heterocycles. The highest BCUT2D eigenvalue weighted by molar-refractivity contribution is 6.31. The molecule has 1 saturated heterocycles. The van der Waals surface area contributed by atoms with Gasteiger partial charge in [0.05, 0.1) is 12.8 Å². The molecule has 1 aromatic rings. The van der Waals surface area contributed by atoms with Crippen LogP contribution < -0.4 is 15.0 Å². The first kappa shape index (κ1) is 14.5. The van der Waals surface area contributed by atoms with Crippen LogP contribution in [0.4, 0.5) is 5.69 Å². The number of nitrogens with one attached hydrogen (secondary N) is 1. The molecule has 3 nitrogen and oxygen atoms in total. The first-order valence-corrected chi connectivity index (χ1v) is 7.33. The Hall–Kier alpha value is -0.930. The summed E-state index contributed by atoms with van der Waals surface area (Å²) in [7, 11) is 1.71. The second kappa shape index (κ2) is 6.49. The molecule has 0 saturated carbocycles. The predicted octanol–water partition coefficient (Wildman–Crippen LogP) is 3.09. The van der Waals surface area contributed by atoms with Crippen LogP contribution in [0.5, 0.6) is 5.75 Å². The first-order chi connectivity index (χ1) is 9.15. The van der Waals surface area contributed by atoms with Gasteiger partial charge >= 0.3 is 0 Å². The molecule has 1 N–H and O–H groups in total. The molecule has 1 aliphatic rings. The molecular weight excluding hydrogens is 260 g/mol. The fraction of sp³-hybridized carbons (Fsp3) is 0.600. The average Bonchev–Trinajstić information content (AvgIpc) is 2.87. The Kier molecular flexibility index (Phi) is 4.94. The fourth-order valence-corrected chi connectivity index (χ4v) is 2.78. The molecule has 1 fully saturated rings. The van der Waals surface area contributed by atoms with Crippen molar-refractivity contribution >= 4 is 17.3 Å². The van der Waals surface area contributed by atoms with Gasteiger partial charge in [-0.1, -0.05) is 18.5 Å². The number of halogens is 1. The van der Waals surface area contributed by atoms with E-state index in [1.165, 1.54) is 12.1 Å². The van der Waals surface area contributed by atoms with Gasteiger partial charge in [0.25, 0.3) is 0 Å². The SMILES string of the molecule is CCNCC1CCN(c2cc(C)c(Cl)cc2OC)C1. The summed E-state index contributed by atoms with van der Waals surface area (Å²) in [6.07, 6.45) is 1.23. The van der Waals surface area contributed by atoms with Gasteiger partial charge in [0.15, 0.2) is 0 Å². The number of anilines is 1. The summed E-state index contributed by atoms with van der Waals surface area (Å²) < 4.78 is 5.47. The Labute approximate surface area is 120 Å². The molecule has 1 aromatic carbocycles. The van der Waals surface area contributed by atoms with Gasteiger partial charge in [0, 0.05) is 24.2 Å². The van der Waals surface area contributed by atoms with E-state index in [1.54, 1.807) is 7.11 Å². The van der Waals surface area contributed by atoms with E-state index in [0.29, 0.717) is 0 Å². The van der Waals surface area contributed by atoms with Gasteiger partial charge in [0.1, 0.15) is 5.75 Å². The first-order valence-electron chi connectivity index (χ1n) is 6.95. The van der Waals surface area contributed by atoms with Crippen LogP contribution in [0.2, 0.25) is 5.02 Å². The summed E-state index contributed by atoms with van der Waals surface area (Å²) >= 11 is 6.16. The maximum Gasteiger partial charge on any atom is 0.143 e. The summed E-state index contributed by atoms with van der Waals surface area (Å²) in [4.78, 5) is 2.41. The minimum absolute atomic E-state index is 0.723. The third-order valence-corrected chi connectivity index (χ3v) is 4.18. The lowest BCUT2D eigenvalue weighted by molar-refractivity contribution is 0.414. The maximum absolute atomic E-state index is 6.16. The predicted molar refractivity (Wildman–Crippen MR) is 81.6 cm³/mol. The van der Waals surface area contributed by atoms with E-state index in [9.17, 15) is 0 Å². The Balaban J connectivity index is 2.12. The number of ether oxygens (including phenoxy) is 1. The standard InChI is InChI=1S/C15H23ClN2O/c1-4-17-9-12-5-6-18(10-12)14-7-11(2)13(16)8-15(14)19-3/h7-8,12,17H,4-6,9-10H2,1-3H3. The lowest BCUT2D eigenvalue weighted by Crippen LogP contribution is -2.26. The third kappa shape index (κ3) is 3.34. The Morgan fingerprint density at radius 3 is 2.95 bits per heavy atom. The second-order valence-electron chi connectivity index (χ2n) is 5.18. The maximum atomic E-state index is 6.16. The van der Waals surface area contributed by atoms with Crippen LogP contribution in [0, 0.1) is 12.8 Å². The van der Waals surface area contributed by atoms with Crippen molar-refractivity contribution in [3.8, 4) is 5.75 Å². The van der Waals surface area contributed by atoms with Crippen molar-refractivity contribution in [3.63, 3.8) is 0 Å². The summed E-state index contributed by atoms with van der Waals surface area (Å²) in [5.41, 5.74) is 2.27. The minimum atomic E-state index is 0.723. The summed E-state index contributed by atoms with van der Waals surface area (Å²) in [6.45, 7) is 8.51. The molecule has 2 rings (SSSR count). The molecular formula is C15H23ClN2O. The second-order valence-corrected chi connectivity index (χ2v) is 5.59. The molecule has 0 aromatic heterocycles. The van der Waals surface area contributed by atoms with Crippen molar-refractivity contribution in [2.24, 2.45) is 5.92 Å². The van der Waals surface area contributed by atoms with Crippen molar-refractivity contribution in [1.29, 1.82) is 0 Å². The molecule has 1 unspecified atom stereocenters. The smallest absolute Gasteiger partial charge is 0.143 e. The van der Waals surface area contributed by atoms with Crippen molar-refractivity contribution < 1.29 is 4.74 Å². The van der Waals surface area contributed by atoms with Crippen LogP contribution in [-0.4, -0.2) is 33.3 Å². The van der Waals surface area contributed by atoms with Crippen molar-refractivity contribution in [3.05, 3.63) is 22.7 Å². The van der Waals surface area contributed by atoms with Crippen molar-refractivity contribution in [2.45, 2.75) is 20.3 Å². The highest BCUT2D eigenvalue weighted by Crippen LogP contribution is 2.36. The molecule has 1 atom stereocenters. The lowest BCUT2D eigenvalue weighted by Gasteiger charge is -2.22. The number of hydrogen-bond donors (Lipinski definition) is 1. The Bertz CT molecular complexity index is 436. The number of aryl methyl sites for hydroxylation is 1. The molecule has 19 heavy (non-hydrogen) atoms. The third-order valence-electron chi connectivity index (χ3n) is 3.77. The molecule has 4 heteroatoms. The minimum Gasteiger partial charge on any atom is -0.495 e. The zero-order chi connectivity index (χ0) is 13.8. The Morgan fingerprint density at radius 1 is 1.47 bits per heavy atom. The number of hydrogen-bond acceptors (Lipinski definition) is 3. The zero-order valence-electron chi connectivity index (χ0n) is 12.0. The molecule has 0 aliphatic carbocycles. The van der Waals surface area contributed by atoms with Crippen LogP contribution in [0.3, 0.4) is 0 Å². The van der Waals surface area contributed by atoms with E-state index in [1.807, 2.05) is 13.0 Å². The van der Waals surface area contributed by atoms with Crippen LogP contribution >= 0.6 is 11.6 Å². The normalized spacial score (nSPS) is 18.9. The van der Waals surface area contributed by atoms with E-state index in [0.717, 1.165) is 48.4 Å². The zero-order valence-corrected chi connectivity index (χ0v) is 12.8. The van der Waals surface area contributed by atoms with Gasteiger partial charge in [-0.25, -0.2) is 0 Å². The summed E-state index contributed by atoms with van der Waals surface area (Å²) in [5.74, 6) is 1.60. The molecule has 1 aliphatic heterocycles. The largest absolute Gasteiger partial charge is 0.495 e. The van der Waals surface area contributed by atoms with Gasteiger partial charge in [-0.3, -0.25) is 0 Å². The topological polar surface area (TPSA) is 24.5 Å². The van der Waals surface area contributed by atoms with Gasteiger partial charge < -0.3 is 15.0 Å². The van der Waals surface area contributed by atoms with Gasteiger partial charge in [-0.05, 0) is 44.0 Å². The van der Waals surface area contributed by atoms with E-state index in [2.05, 4.69) is 23.2 Å². The highest BCUT2D eigenvalue weighted by atomic mass is 35.5. The van der Waals surface area contributed by atoms with Crippen molar-refractivity contribution in [2.75, 3.05) is 38.2 Å². The van der Waals surface area contributed by atoms with Gasteiger partial charge in [-0.2, -0.15) is 0 Å². The molecule has 0 amide bonds. The Morgan fingerprint density at radius 2 is 2.26 bits per heavy atom. The number of methoxy groups -OCH3 is 1. The highest BCUT2D eigenvalue weighted by Gasteiger charge is 2.24. The van der Waals surface area contributed by atoms with Crippen LogP contribution in [0.1, 0.15) is 18.9 Å². The van der Waals surface area contributed by atoms with Crippen LogP contribution in [0.15, 0.2) is 12.1 Å². The fourth-order valence-electron chi connectivity index (χ4n) is 2.63. The summed E-state index contributed by atoms with van der Waals surface area (Å²) in [5, 5.41) is 4.20. The molecule has 0 bridgehead atoms. The van der Waals surface area contributed by atoms with Crippen molar-refractivity contribution in [1.82, 2.24) is 5.32 Å². The lowest BCUT2D eigenvalue weighted by atomic mass is 10.1. The molecule has 106 valence electrons.